The first-order valence-electron chi connectivity index (χ1n) is 5.74. The van der Waals surface area contributed by atoms with Gasteiger partial charge in [-0.15, -0.1) is 0 Å². The van der Waals surface area contributed by atoms with Gasteiger partial charge in [-0.05, 0) is 59.0 Å². The molecule has 5 nitrogen and oxygen atoms in total. The number of urea groups is 1. The highest BCUT2D eigenvalue weighted by Gasteiger charge is 2.01. The van der Waals surface area contributed by atoms with Crippen LogP contribution in [0.2, 0.25) is 0 Å². The summed E-state index contributed by atoms with van der Waals surface area (Å²) in [6, 6.07) is 11.1. The molecule has 1 aromatic heterocycles. The molecule has 0 aliphatic carbocycles. The standard InChI is InChI=1S/C13H14IN3O2/c1-15-13(18)17-10-4-2-9(3-5-10)16-8-11-6-7-12(14)19-11/h2-7,16H,8H2,1H3,(H2,15,17,18). The fourth-order valence-electron chi connectivity index (χ4n) is 1.50. The molecular weight excluding hydrogens is 357 g/mol. The Hall–Kier alpha value is -1.70. The summed E-state index contributed by atoms with van der Waals surface area (Å²) >= 11 is 2.13. The van der Waals surface area contributed by atoms with E-state index in [1.54, 1.807) is 7.05 Å². The Bertz CT molecular complexity index is 551. The molecule has 1 aromatic carbocycles. The van der Waals surface area contributed by atoms with E-state index >= 15 is 0 Å². The van der Waals surface area contributed by atoms with Gasteiger partial charge < -0.3 is 20.4 Å². The second-order valence-corrected chi connectivity index (χ2v) is 4.90. The number of amides is 2. The van der Waals surface area contributed by atoms with Crippen molar-refractivity contribution in [3.05, 3.63) is 45.9 Å². The second kappa shape index (κ2) is 6.46. The zero-order valence-electron chi connectivity index (χ0n) is 10.4. The highest BCUT2D eigenvalue weighted by Crippen LogP contribution is 2.16. The van der Waals surface area contributed by atoms with Crippen molar-refractivity contribution in [2.24, 2.45) is 0 Å². The van der Waals surface area contributed by atoms with Crippen LogP contribution in [0, 0.1) is 3.77 Å². The predicted molar refractivity (Wildman–Crippen MR) is 83.3 cm³/mol. The Labute approximate surface area is 124 Å². The lowest BCUT2D eigenvalue weighted by Gasteiger charge is -2.07. The lowest BCUT2D eigenvalue weighted by molar-refractivity contribution is 0.254. The first-order chi connectivity index (χ1) is 9.17. The van der Waals surface area contributed by atoms with Gasteiger partial charge in [0.25, 0.3) is 0 Å². The van der Waals surface area contributed by atoms with Crippen LogP contribution < -0.4 is 16.0 Å². The van der Waals surface area contributed by atoms with E-state index in [0.717, 1.165) is 20.9 Å². The van der Waals surface area contributed by atoms with Crippen molar-refractivity contribution < 1.29 is 9.21 Å². The summed E-state index contributed by atoms with van der Waals surface area (Å²) < 4.78 is 6.33. The summed E-state index contributed by atoms with van der Waals surface area (Å²) in [6.45, 7) is 0.630. The monoisotopic (exact) mass is 371 g/mol. The quantitative estimate of drug-likeness (QED) is 0.723. The second-order valence-electron chi connectivity index (χ2n) is 3.84. The molecule has 0 aliphatic heterocycles. The van der Waals surface area contributed by atoms with Gasteiger partial charge in [0.1, 0.15) is 5.76 Å². The van der Waals surface area contributed by atoms with Crippen LogP contribution in [0.5, 0.6) is 0 Å². The van der Waals surface area contributed by atoms with Crippen LogP contribution in [0.25, 0.3) is 0 Å². The molecule has 0 radical (unpaired) electrons. The number of benzene rings is 1. The lowest BCUT2D eigenvalue weighted by Crippen LogP contribution is -2.24. The number of anilines is 2. The molecule has 2 rings (SSSR count). The Morgan fingerprint density at radius 2 is 1.84 bits per heavy atom. The zero-order chi connectivity index (χ0) is 13.7. The molecule has 0 unspecified atom stereocenters. The third-order valence-corrected chi connectivity index (χ3v) is 3.05. The first kappa shape index (κ1) is 13.7. The van der Waals surface area contributed by atoms with Crippen molar-refractivity contribution in [1.29, 1.82) is 0 Å². The summed E-state index contributed by atoms with van der Waals surface area (Å²) in [6.07, 6.45) is 0. The average molecular weight is 371 g/mol. The highest BCUT2D eigenvalue weighted by molar-refractivity contribution is 14.1. The molecule has 0 aliphatic rings. The van der Waals surface area contributed by atoms with E-state index in [2.05, 4.69) is 38.5 Å². The smallest absolute Gasteiger partial charge is 0.318 e. The summed E-state index contributed by atoms with van der Waals surface area (Å²) in [5.74, 6) is 0.886. The normalized spacial score (nSPS) is 10.0. The summed E-state index contributed by atoms with van der Waals surface area (Å²) in [5.41, 5.74) is 1.71. The van der Waals surface area contributed by atoms with Crippen LogP contribution in [-0.2, 0) is 6.54 Å². The number of rotatable bonds is 4. The van der Waals surface area contributed by atoms with Crippen LogP contribution in [0.3, 0.4) is 0 Å². The first-order valence-corrected chi connectivity index (χ1v) is 6.82. The number of furan rings is 1. The van der Waals surface area contributed by atoms with E-state index in [-0.39, 0.29) is 6.03 Å². The molecular formula is C13H14IN3O2. The van der Waals surface area contributed by atoms with Crippen molar-refractivity contribution in [2.75, 3.05) is 17.7 Å². The van der Waals surface area contributed by atoms with Crippen LogP contribution in [0.4, 0.5) is 16.2 Å². The van der Waals surface area contributed by atoms with Crippen LogP contribution >= 0.6 is 22.6 Å². The van der Waals surface area contributed by atoms with Gasteiger partial charge in [0, 0.05) is 18.4 Å². The Balaban J connectivity index is 1.89. The molecule has 19 heavy (non-hydrogen) atoms. The highest BCUT2D eigenvalue weighted by atomic mass is 127. The van der Waals surface area contributed by atoms with E-state index in [1.165, 1.54) is 0 Å². The molecule has 2 amide bonds. The Morgan fingerprint density at radius 1 is 1.16 bits per heavy atom. The predicted octanol–water partition coefficient (Wildman–Crippen LogP) is 3.25. The van der Waals surface area contributed by atoms with Crippen LogP contribution in [0.15, 0.2) is 40.8 Å². The van der Waals surface area contributed by atoms with E-state index in [9.17, 15) is 4.79 Å². The van der Waals surface area contributed by atoms with Gasteiger partial charge in [-0.2, -0.15) is 0 Å². The van der Waals surface area contributed by atoms with Gasteiger partial charge in [-0.3, -0.25) is 0 Å². The van der Waals surface area contributed by atoms with Crippen LogP contribution in [0.1, 0.15) is 5.76 Å². The summed E-state index contributed by atoms with van der Waals surface area (Å²) in [7, 11) is 1.58. The number of carbonyl (C=O) groups is 1. The molecule has 0 saturated heterocycles. The fourth-order valence-corrected chi connectivity index (χ4v) is 1.96. The SMILES string of the molecule is CNC(=O)Nc1ccc(NCc2ccc(I)o2)cc1. The number of halogens is 1. The van der Waals surface area contributed by atoms with Gasteiger partial charge >= 0.3 is 6.03 Å². The number of hydrogen-bond acceptors (Lipinski definition) is 3. The maximum absolute atomic E-state index is 11.1. The van der Waals surface area contributed by atoms with Gasteiger partial charge in [0.05, 0.1) is 6.54 Å². The van der Waals surface area contributed by atoms with Crippen molar-refractivity contribution in [2.45, 2.75) is 6.54 Å². The average Bonchev–Trinajstić information content (AvgIpc) is 2.83. The van der Waals surface area contributed by atoms with Crippen molar-refractivity contribution >= 4 is 40.0 Å². The van der Waals surface area contributed by atoms with Gasteiger partial charge in [-0.1, -0.05) is 0 Å². The summed E-state index contributed by atoms with van der Waals surface area (Å²) in [4.78, 5) is 11.1. The Kier molecular flexibility index (Phi) is 4.67. The minimum Gasteiger partial charge on any atom is -0.454 e. The molecule has 6 heteroatoms. The third kappa shape index (κ3) is 4.16. The van der Waals surface area contributed by atoms with Crippen molar-refractivity contribution in [3.8, 4) is 0 Å². The molecule has 1 heterocycles. The molecule has 100 valence electrons. The molecule has 0 saturated carbocycles. The molecule has 0 spiro atoms. The number of nitrogens with one attached hydrogen (secondary N) is 3. The van der Waals surface area contributed by atoms with Gasteiger partial charge in [0.15, 0.2) is 3.77 Å². The molecule has 3 N–H and O–H groups in total. The number of carbonyl (C=O) groups excluding carboxylic acids is 1. The number of hydrogen-bond donors (Lipinski definition) is 3. The zero-order valence-corrected chi connectivity index (χ0v) is 12.5. The van der Waals surface area contributed by atoms with Gasteiger partial charge in [0.2, 0.25) is 0 Å². The lowest BCUT2D eigenvalue weighted by atomic mass is 10.2. The fraction of sp³-hybridized carbons (Fsp3) is 0.154. The molecule has 0 fully saturated rings. The summed E-state index contributed by atoms with van der Waals surface area (Å²) in [5, 5.41) is 8.44. The third-order valence-electron chi connectivity index (χ3n) is 2.47. The van der Waals surface area contributed by atoms with E-state index in [1.807, 2.05) is 36.4 Å². The minimum absolute atomic E-state index is 0.231. The molecule has 0 bridgehead atoms. The molecule has 2 aromatic rings. The largest absolute Gasteiger partial charge is 0.454 e. The Morgan fingerprint density at radius 3 is 2.42 bits per heavy atom. The minimum atomic E-state index is -0.231. The van der Waals surface area contributed by atoms with Crippen molar-refractivity contribution in [1.82, 2.24) is 5.32 Å². The topological polar surface area (TPSA) is 66.3 Å². The maximum Gasteiger partial charge on any atom is 0.318 e. The van der Waals surface area contributed by atoms with Crippen LogP contribution in [-0.4, -0.2) is 13.1 Å². The van der Waals surface area contributed by atoms with E-state index < -0.39 is 0 Å². The maximum atomic E-state index is 11.1. The van der Waals surface area contributed by atoms with Gasteiger partial charge in [-0.25, -0.2) is 4.79 Å². The van der Waals surface area contributed by atoms with Crippen molar-refractivity contribution in [3.63, 3.8) is 0 Å². The van der Waals surface area contributed by atoms with E-state index in [0.29, 0.717) is 6.54 Å². The molecule has 0 atom stereocenters. The van der Waals surface area contributed by atoms with E-state index in [4.69, 9.17) is 4.42 Å².